The average molecular weight is 425 g/mol. The van der Waals surface area contributed by atoms with E-state index >= 15 is 0 Å². The number of allylic oxidation sites excluding steroid dienone is 1. The molecule has 3 rings (SSSR count). The molecule has 0 aliphatic rings. The molecule has 1 aromatic carbocycles. The topological polar surface area (TPSA) is 90.0 Å². The number of hydrogen-bond donors (Lipinski definition) is 1. The number of furan rings is 1. The number of amides is 1. The summed E-state index contributed by atoms with van der Waals surface area (Å²) in [5.74, 6) is 1.59. The summed E-state index contributed by atoms with van der Waals surface area (Å²) >= 11 is 1.34. The molecular formula is C22H24N4O3S. The molecule has 0 radical (unpaired) electrons. The van der Waals surface area contributed by atoms with Crippen molar-refractivity contribution in [2.45, 2.75) is 38.5 Å². The van der Waals surface area contributed by atoms with Crippen molar-refractivity contribution in [1.29, 1.82) is 0 Å². The average Bonchev–Trinajstić information content (AvgIpc) is 3.31. The van der Waals surface area contributed by atoms with Gasteiger partial charge in [-0.1, -0.05) is 42.1 Å². The maximum absolute atomic E-state index is 12.7. The number of carbonyl (C=O) groups is 2. The zero-order chi connectivity index (χ0) is 21.7. The Morgan fingerprint density at radius 2 is 2.00 bits per heavy atom. The van der Waals surface area contributed by atoms with E-state index < -0.39 is 0 Å². The highest BCUT2D eigenvalue weighted by Crippen LogP contribution is 2.27. The van der Waals surface area contributed by atoms with Crippen molar-refractivity contribution in [3.8, 4) is 11.4 Å². The summed E-state index contributed by atoms with van der Waals surface area (Å²) in [5.41, 5.74) is 2.42. The van der Waals surface area contributed by atoms with E-state index in [1.54, 1.807) is 24.5 Å². The van der Waals surface area contributed by atoms with Crippen LogP contribution < -0.4 is 5.32 Å². The molecule has 0 saturated heterocycles. The minimum absolute atomic E-state index is 0.00655. The molecule has 1 atom stereocenters. The van der Waals surface area contributed by atoms with Gasteiger partial charge in [-0.15, -0.1) is 16.8 Å². The van der Waals surface area contributed by atoms with Crippen molar-refractivity contribution in [2.24, 2.45) is 0 Å². The number of rotatable bonds is 9. The van der Waals surface area contributed by atoms with E-state index in [1.165, 1.54) is 18.7 Å². The lowest BCUT2D eigenvalue weighted by atomic mass is 10.0. The minimum atomic E-state index is -0.108. The second kappa shape index (κ2) is 9.58. The number of ketones is 1. The van der Waals surface area contributed by atoms with Crippen molar-refractivity contribution in [2.75, 3.05) is 5.75 Å². The van der Waals surface area contributed by atoms with Crippen LogP contribution in [0.5, 0.6) is 0 Å². The fourth-order valence-electron chi connectivity index (χ4n) is 3.06. The van der Waals surface area contributed by atoms with Crippen LogP contribution in [0.3, 0.4) is 0 Å². The highest BCUT2D eigenvalue weighted by Gasteiger charge is 2.18. The molecule has 1 N–H and O–H groups in total. The van der Waals surface area contributed by atoms with Crippen LogP contribution in [0.4, 0.5) is 0 Å². The predicted molar refractivity (Wildman–Crippen MR) is 116 cm³/mol. The van der Waals surface area contributed by atoms with E-state index in [-0.39, 0.29) is 23.5 Å². The molecule has 0 spiro atoms. The smallest absolute Gasteiger partial charge is 0.217 e. The summed E-state index contributed by atoms with van der Waals surface area (Å²) in [6, 6.07) is 9.03. The summed E-state index contributed by atoms with van der Waals surface area (Å²) in [6.07, 6.45) is 3.38. The van der Waals surface area contributed by atoms with Gasteiger partial charge in [-0.2, -0.15) is 0 Å². The SMILES string of the molecule is C=CCn1c(SCC(=O)c2ccc(C(C)NC(C)=O)cc2)nnc1-c1ccoc1C. The summed E-state index contributed by atoms with van der Waals surface area (Å²) < 4.78 is 7.29. The molecule has 0 aliphatic heterocycles. The molecule has 0 bridgehead atoms. The minimum Gasteiger partial charge on any atom is -0.469 e. The van der Waals surface area contributed by atoms with Gasteiger partial charge >= 0.3 is 0 Å². The van der Waals surface area contributed by atoms with E-state index in [9.17, 15) is 9.59 Å². The largest absolute Gasteiger partial charge is 0.469 e. The van der Waals surface area contributed by atoms with Gasteiger partial charge in [0, 0.05) is 19.0 Å². The Kier molecular flexibility index (Phi) is 6.89. The van der Waals surface area contributed by atoms with Crippen molar-refractivity contribution >= 4 is 23.5 Å². The lowest BCUT2D eigenvalue weighted by molar-refractivity contribution is -0.119. The Bertz CT molecular complexity index is 1050. The van der Waals surface area contributed by atoms with Gasteiger partial charge in [0.05, 0.1) is 23.6 Å². The van der Waals surface area contributed by atoms with Gasteiger partial charge in [-0.25, -0.2) is 0 Å². The van der Waals surface area contributed by atoms with Crippen LogP contribution in [0.2, 0.25) is 0 Å². The molecule has 0 saturated carbocycles. The first kappa shape index (κ1) is 21.6. The third kappa shape index (κ3) is 4.88. The first-order valence-electron chi connectivity index (χ1n) is 9.52. The first-order valence-corrected chi connectivity index (χ1v) is 10.5. The summed E-state index contributed by atoms with van der Waals surface area (Å²) in [6.45, 7) is 9.58. The summed E-state index contributed by atoms with van der Waals surface area (Å²) in [4.78, 5) is 23.9. The molecule has 1 unspecified atom stereocenters. The fourth-order valence-corrected chi connectivity index (χ4v) is 3.91. The quantitative estimate of drug-likeness (QED) is 0.314. The van der Waals surface area contributed by atoms with Crippen LogP contribution >= 0.6 is 11.8 Å². The Hall–Kier alpha value is -3.13. The third-order valence-corrected chi connectivity index (χ3v) is 5.58. The fraction of sp³-hybridized carbons (Fsp3) is 0.273. The van der Waals surface area contributed by atoms with Gasteiger partial charge in [-0.05, 0) is 25.5 Å². The molecular weight excluding hydrogens is 400 g/mol. The zero-order valence-corrected chi connectivity index (χ0v) is 18.0. The second-order valence-corrected chi connectivity index (χ2v) is 7.79. The molecule has 2 aromatic heterocycles. The van der Waals surface area contributed by atoms with Crippen LogP contribution in [0.1, 0.15) is 41.6 Å². The normalized spacial score (nSPS) is 11.8. The summed E-state index contributed by atoms with van der Waals surface area (Å²) in [7, 11) is 0. The molecule has 2 heterocycles. The number of benzene rings is 1. The molecule has 1 amide bonds. The van der Waals surface area contributed by atoms with Crippen LogP contribution in [-0.4, -0.2) is 32.2 Å². The Labute approximate surface area is 179 Å². The van der Waals surface area contributed by atoms with Gasteiger partial charge in [-0.3, -0.25) is 14.2 Å². The van der Waals surface area contributed by atoms with Gasteiger partial charge in [0.1, 0.15) is 5.76 Å². The molecule has 0 aliphatic carbocycles. The van der Waals surface area contributed by atoms with E-state index in [1.807, 2.05) is 36.6 Å². The Balaban J connectivity index is 1.70. The maximum Gasteiger partial charge on any atom is 0.217 e. The van der Waals surface area contributed by atoms with Crippen LogP contribution in [-0.2, 0) is 11.3 Å². The summed E-state index contributed by atoms with van der Waals surface area (Å²) in [5, 5.41) is 12.0. The van der Waals surface area contributed by atoms with Crippen molar-refractivity contribution in [1.82, 2.24) is 20.1 Å². The number of aryl methyl sites for hydroxylation is 1. The van der Waals surface area contributed by atoms with E-state index in [4.69, 9.17) is 4.42 Å². The van der Waals surface area contributed by atoms with Crippen LogP contribution in [0.25, 0.3) is 11.4 Å². The lowest BCUT2D eigenvalue weighted by Gasteiger charge is -2.13. The number of aromatic nitrogens is 3. The molecule has 8 heteroatoms. The monoisotopic (exact) mass is 424 g/mol. The van der Waals surface area contributed by atoms with E-state index in [0.29, 0.717) is 23.1 Å². The first-order chi connectivity index (χ1) is 14.4. The van der Waals surface area contributed by atoms with E-state index in [0.717, 1.165) is 16.9 Å². The van der Waals surface area contributed by atoms with Gasteiger partial charge in [0.2, 0.25) is 5.91 Å². The molecule has 7 nitrogen and oxygen atoms in total. The van der Waals surface area contributed by atoms with Crippen LogP contribution in [0.15, 0.2) is 58.8 Å². The van der Waals surface area contributed by atoms with Crippen molar-refractivity contribution in [3.63, 3.8) is 0 Å². The zero-order valence-electron chi connectivity index (χ0n) is 17.2. The predicted octanol–water partition coefficient (Wildman–Crippen LogP) is 4.20. The van der Waals surface area contributed by atoms with Crippen molar-refractivity contribution in [3.05, 3.63) is 66.1 Å². The number of carbonyl (C=O) groups excluding carboxylic acids is 2. The molecule has 156 valence electrons. The number of Topliss-reactive ketones (excluding diaryl/α,β-unsaturated/α-hetero) is 1. The number of nitrogens with zero attached hydrogens (tertiary/aromatic N) is 3. The van der Waals surface area contributed by atoms with E-state index in [2.05, 4.69) is 22.1 Å². The third-order valence-electron chi connectivity index (χ3n) is 4.61. The van der Waals surface area contributed by atoms with Crippen LogP contribution in [0, 0.1) is 6.92 Å². The maximum atomic E-state index is 12.7. The molecule has 0 fully saturated rings. The van der Waals surface area contributed by atoms with Gasteiger partial charge in [0.25, 0.3) is 0 Å². The second-order valence-electron chi connectivity index (χ2n) is 6.85. The highest BCUT2D eigenvalue weighted by molar-refractivity contribution is 7.99. The Morgan fingerprint density at radius 1 is 1.27 bits per heavy atom. The van der Waals surface area contributed by atoms with Gasteiger partial charge in [0.15, 0.2) is 16.8 Å². The highest BCUT2D eigenvalue weighted by atomic mass is 32.2. The molecule has 3 aromatic rings. The number of thioether (sulfide) groups is 1. The molecule has 30 heavy (non-hydrogen) atoms. The van der Waals surface area contributed by atoms with Crippen molar-refractivity contribution < 1.29 is 14.0 Å². The number of nitrogens with one attached hydrogen (secondary N) is 1. The Morgan fingerprint density at radius 3 is 2.60 bits per heavy atom. The number of hydrogen-bond acceptors (Lipinski definition) is 6. The lowest BCUT2D eigenvalue weighted by Crippen LogP contribution is -2.23. The van der Waals surface area contributed by atoms with Gasteiger partial charge < -0.3 is 9.73 Å². The standard InChI is InChI=1S/C22H24N4O3S/c1-5-11-26-21(19-10-12-29-15(19)3)24-25-22(26)30-13-20(28)18-8-6-17(7-9-18)14(2)23-16(4)27/h5-10,12,14H,1,11,13H2,2-4H3,(H,23,27).